The standard InChI is InChI=1S/C40H45F/c1-3-7-31-10-12-32(13-11-31)14-15-33-16-18-34(19-17-33)20-25-38-26-27-39(29-40(38)41)37-23-21-35(22-24-37)28-30(2)36-8-5-4-6-9-36/h4-6,8-9,16-27,29-32H,3,7,10-15,28H2,1-2H3/t30-,31?,32?/m0/s1. The first-order valence-electron chi connectivity index (χ1n) is 15.8. The Labute approximate surface area is 247 Å². The van der Waals surface area contributed by atoms with Crippen molar-refractivity contribution < 1.29 is 4.39 Å². The normalized spacial score (nSPS) is 18.0. The van der Waals surface area contributed by atoms with Crippen LogP contribution in [0.5, 0.6) is 0 Å². The van der Waals surface area contributed by atoms with Crippen LogP contribution < -0.4 is 0 Å². The smallest absolute Gasteiger partial charge is 0.131 e. The van der Waals surface area contributed by atoms with Crippen LogP contribution >= 0.6 is 0 Å². The van der Waals surface area contributed by atoms with Gasteiger partial charge in [-0.2, -0.15) is 0 Å². The molecule has 0 unspecified atom stereocenters. The maximum absolute atomic E-state index is 15.0. The van der Waals surface area contributed by atoms with E-state index < -0.39 is 0 Å². The Morgan fingerprint density at radius 2 is 1.34 bits per heavy atom. The topological polar surface area (TPSA) is 0 Å². The molecule has 1 aliphatic rings. The fraction of sp³-hybridized carbons (Fsp3) is 0.350. The summed E-state index contributed by atoms with van der Waals surface area (Å²) in [6, 6.07) is 33.5. The van der Waals surface area contributed by atoms with Crippen LogP contribution in [0.25, 0.3) is 23.3 Å². The van der Waals surface area contributed by atoms with Crippen molar-refractivity contribution in [1.82, 2.24) is 0 Å². The van der Waals surface area contributed by atoms with E-state index in [1.807, 2.05) is 24.3 Å². The van der Waals surface area contributed by atoms with E-state index in [4.69, 9.17) is 0 Å². The highest BCUT2D eigenvalue weighted by Gasteiger charge is 2.20. The van der Waals surface area contributed by atoms with Crippen molar-refractivity contribution in [3.05, 3.63) is 131 Å². The van der Waals surface area contributed by atoms with E-state index in [9.17, 15) is 0 Å². The second kappa shape index (κ2) is 14.4. The van der Waals surface area contributed by atoms with Crippen LogP contribution in [0.15, 0.2) is 97.1 Å². The maximum atomic E-state index is 15.0. The Hall–Kier alpha value is -3.45. The first-order valence-corrected chi connectivity index (χ1v) is 15.8. The van der Waals surface area contributed by atoms with Crippen LogP contribution in [0.2, 0.25) is 0 Å². The molecule has 0 saturated heterocycles. The van der Waals surface area contributed by atoms with Gasteiger partial charge in [-0.25, -0.2) is 4.39 Å². The molecule has 1 heteroatoms. The summed E-state index contributed by atoms with van der Waals surface area (Å²) in [5.41, 5.74) is 7.74. The first-order chi connectivity index (χ1) is 20.1. The number of hydrogen-bond donors (Lipinski definition) is 0. The fourth-order valence-corrected chi connectivity index (χ4v) is 6.50. The van der Waals surface area contributed by atoms with E-state index in [1.165, 1.54) is 61.6 Å². The summed E-state index contributed by atoms with van der Waals surface area (Å²) in [5, 5.41) is 0. The highest BCUT2D eigenvalue weighted by atomic mass is 19.1. The van der Waals surface area contributed by atoms with Gasteiger partial charge in [-0.3, -0.25) is 0 Å². The zero-order valence-electron chi connectivity index (χ0n) is 24.9. The van der Waals surface area contributed by atoms with Gasteiger partial charge in [0.05, 0.1) is 0 Å². The number of benzene rings is 4. The minimum Gasteiger partial charge on any atom is -0.206 e. The SMILES string of the molecule is CCCC1CCC(CCc2ccc(C=Cc3ccc(-c4ccc(C[C@H](C)c5ccccc5)cc4)cc3F)cc2)CC1. The van der Waals surface area contributed by atoms with Crippen molar-refractivity contribution in [3.8, 4) is 11.1 Å². The van der Waals surface area contributed by atoms with Crippen LogP contribution in [0.4, 0.5) is 4.39 Å². The van der Waals surface area contributed by atoms with Gasteiger partial charge in [0.25, 0.3) is 0 Å². The molecule has 0 bridgehead atoms. The van der Waals surface area contributed by atoms with Crippen molar-refractivity contribution in [2.24, 2.45) is 11.8 Å². The van der Waals surface area contributed by atoms with Gasteiger partial charge in [-0.15, -0.1) is 0 Å². The summed E-state index contributed by atoms with van der Waals surface area (Å²) in [6.07, 6.45) is 15.8. The second-order valence-corrected chi connectivity index (χ2v) is 12.2. The molecule has 0 heterocycles. The molecule has 1 saturated carbocycles. The van der Waals surface area contributed by atoms with Gasteiger partial charge in [0.1, 0.15) is 5.82 Å². The summed E-state index contributed by atoms with van der Waals surface area (Å²) < 4.78 is 15.0. The van der Waals surface area contributed by atoms with Gasteiger partial charge < -0.3 is 0 Å². The highest BCUT2D eigenvalue weighted by molar-refractivity contribution is 5.72. The summed E-state index contributed by atoms with van der Waals surface area (Å²) in [6.45, 7) is 4.57. The maximum Gasteiger partial charge on any atom is 0.131 e. The van der Waals surface area contributed by atoms with Crippen molar-refractivity contribution in [2.45, 2.75) is 77.6 Å². The lowest BCUT2D eigenvalue weighted by Gasteiger charge is -2.28. The van der Waals surface area contributed by atoms with E-state index >= 15 is 4.39 Å². The van der Waals surface area contributed by atoms with Gasteiger partial charge >= 0.3 is 0 Å². The molecule has 1 aliphatic carbocycles. The Morgan fingerprint density at radius 1 is 0.707 bits per heavy atom. The van der Waals surface area contributed by atoms with E-state index in [1.54, 1.807) is 6.07 Å². The average molecular weight is 545 g/mol. The summed E-state index contributed by atoms with van der Waals surface area (Å²) >= 11 is 0. The summed E-state index contributed by atoms with van der Waals surface area (Å²) in [5.74, 6) is 2.15. The van der Waals surface area contributed by atoms with Crippen molar-refractivity contribution in [3.63, 3.8) is 0 Å². The predicted octanol–water partition coefficient (Wildman–Crippen LogP) is 11.5. The monoisotopic (exact) mass is 544 g/mol. The predicted molar refractivity (Wildman–Crippen MR) is 174 cm³/mol. The molecule has 0 aromatic heterocycles. The molecule has 0 aliphatic heterocycles. The minimum atomic E-state index is -0.189. The molecule has 1 fully saturated rings. The van der Waals surface area contributed by atoms with Gasteiger partial charge in [-0.05, 0) is 76.5 Å². The van der Waals surface area contributed by atoms with Crippen molar-refractivity contribution in [1.29, 1.82) is 0 Å². The molecule has 0 spiro atoms. The fourth-order valence-electron chi connectivity index (χ4n) is 6.50. The lowest BCUT2D eigenvalue weighted by molar-refractivity contribution is 0.252. The van der Waals surface area contributed by atoms with Crippen molar-refractivity contribution in [2.75, 3.05) is 0 Å². The van der Waals surface area contributed by atoms with Crippen LogP contribution in [-0.4, -0.2) is 0 Å². The molecular formula is C40H45F. The van der Waals surface area contributed by atoms with E-state index in [0.717, 1.165) is 41.4 Å². The number of hydrogen-bond acceptors (Lipinski definition) is 0. The largest absolute Gasteiger partial charge is 0.206 e. The molecule has 4 aromatic rings. The lowest BCUT2D eigenvalue weighted by Crippen LogP contribution is -2.15. The minimum absolute atomic E-state index is 0.189. The molecule has 0 N–H and O–H groups in total. The molecule has 5 rings (SSSR count). The molecule has 212 valence electrons. The van der Waals surface area contributed by atoms with E-state index in [-0.39, 0.29) is 5.82 Å². The zero-order chi connectivity index (χ0) is 28.4. The molecule has 0 amide bonds. The van der Waals surface area contributed by atoms with Gasteiger partial charge in [0, 0.05) is 5.56 Å². The molecule has 1 atom stereocenters. The highest BCUT2D eigenvalue weighted by Crippen LogP contribution is 2.34. The third kappa shape index (κ3) is 8.29. The third-order valence-corrected chi connectivity index (χ3v) is 9.14. The number of aryl methyl sites for hydroxylation is 1. The summed E-state index contributed by atoms with van der Waals surface area (Å²) in [7, 11) is 0. The van der Waals surface area contributed by atoms with Crippen LogP contribution in [0.3, 0.4) is 0 Å². The van der Waals surface area contributed by atoms with E-state index in [2.05, 4.69) is 92.7 Å². The van der Waals surface area contributed by atoms with Gasteiger partial charge in [-0.1, -0.05) is 156 Å². The van der Waals surface area contributed by atoms with Crippen LogP contribution in [0.1, 0.15) is 92.5 Å². The molecule has 0 nitrogen and oxygen atoms in total. The third-order valence-electron chi connectivity index (χ3n) is 9.14. The van der Waals surface area contributed by atoms with Crippen LogP contribution in [0, 0.1) is 17.7 Å². The Bertz CT molecular complexity index is 1370. The van der Waals surface area contributed by atoms with Crippen LogP contribution in [-0.2, 0) is 12.8 Å². The molecule has 0 radical (unpaired) electrons. The van der Waals surface area contributed by atoms with Crippen molar-refractivity contribution >= 4 is 12.2 Å². The van der Waals surface area contributed by atoms with E-state index in [0.29, 0.717) is 11.5 Å². The first kappa shape index (κ1) is 29.1. The molecule has 4 aromatic carbocycles. The van der Waals surface area contributed by atoms with Gasteiger partial charge in [0.2, 0.25) is 0 Å². The Balaban J connectivity index is 1.13. The summed E-state index contributed by atoms with van der Waals surface area (Å²) in [4.78, 5) is 0. The molecular weight excluding hydrogens is 499 g/mol. The molecule has 41 heavy (non-hydrogen) atoms. The number of halogens is 1. The number of rotatable bonds is 11. The lowest BCUT2D eigenvalue weighted by atomic mass is 9.78. The zero-order valence-corrected chi connectivity index (χ0v) is 24.9. The van der Waals surface area contributed by atoms with Gasteiger partial charge in [0.15, 0.2) is 0 Å². The quantitative estimate of drug-likeness (QED) is 0.165. The Kier molecular flexibility index (Phi) is 10.2. The Morgan fingerprint density at radius 3 is 2.00 bits per heavy atom. The average Bonchev–Trinajstić information content (AvgIpc) is 3.01. The second-order valence-electron chi connectivity index (χ2n) is 12.2.